The van der Waals surface area contributed by atoms with E-state index in [1.807, 2.05) is 4.90 Å². The first-order chi connectivity index (χ1) is 8.81. The zero-order valence-electron chi connectivity index (χ0n) is 10.8. The Balaban J connectivity index is 1.76. The first-order valence-corrected chi connectivity index (χ1v) is 6.77. The fourth-order valence-electron chi connectivity index (χ4n) is 2.19. The van der Waals surface area contributed by atoms with Crippen molar-refractivity contribution in [3.63, 3.8) is 0 Å². The largest absolute Gasteiger partial charge is 0.379 e. The Hall–Kier alpha value is -1.12. The number of carbonyl (C=O) groups excluding carboxylic acids is 1. The molecule has 2 rings (SSSR count). The van der Waals surface area contributed by atoms with Crippen LogP contribution < -0.4 is 0 Å². The maximum Gasteiger partial charge on any atom is 0.225 e. The topological polar surface area (TPSA) is 56.6 Å². The predicted molar refractivity (Wildman–Crippen MR) is 66.8 cm³/mol. The highest BCUT2D eigenvalue weighted by Crippen LogP contribution is 2.31. The SMILES string of the molecule is N#CCCN(CCN1CCOCC1)C(=O)C1CC1. The Kier molecular flexibility index (Phi) is 4.97. The van der Waals surface area contributed by atoms with E-state index < -0.39 is 0 Å². The van der Waals surface area contributed by atoms with Crippen molar-refractivity contribution in [1.82, 2.24) is 9.80 Å². The van der Waals surface area contributed by atoms with Crippen LogP contribution in [-0.2, 0) is 9.53 Å². The highest BCUT2D eigenvalue weighted by molar-refractivity contribution is 5.81. The molecule has 1 amide bonds. The van der Waals surface area contributed by atoms with Crippen molar-refractivity contribution >= 4 is 5.91 Å². The lowest BCUT2D eigenvalue weighted by molar-refractivity contribution is -0.132. The summed E-state index contributed by atoms with van der Waals surface area (Å²) in [5.74, 6) is 0.492. The summed E-state index contributed by atoms with van der Waals surface area (Å²) in [6, 6.07) is 2.12. The molecule has 1 heterocycles. The van der Waals surface area contributed by atoms with E-state index in [4.69, 9.17) is 10.00 Å². The van der Waals surface area contributed by atoms with Gasteiger partial charge in [-0.05, 0) is 12.8 Å². The highest BCUT2D eigenvalue weighted by atomic mass is 16.5. The van der Waals surface area contributed by atoms with E-state index in [-0.39, 0.29) is 11.8 Å². The molecule has 0 aromatic carbocycles. The van der Waals surface area contributed by atoms with Crippen molar-refractivity contribution in [3.05, 3.63) is 0 Å². The summed E-state index contributed by atoms with van der Waals surface area (Å²) in [7, 11) is 0. The average Bonchev–Trinajstić information content (AvgIpc) is 3.24. The quantitative estimate of drug-likeness (QED) is 0.688. The van der Waals surface area contributed by atoms with Gasteiger partial charge in [0.15, 0.2) is 0 Å². The fraction of sp³-hybridized carbons (Fsp3) is 0.846. The van der Waals surface area contributed by atoms with Gasteiger partial charge in [0.05, 0.1) is 25.7 Å². The predicted octanol–water partition coefficient (Wildman–Crippen LogP) is 0.471. The molecular formula is C13H21N3O2. The third-order valence-electron chi connectivity index (χ3n) is 3.52. The Labute approximate surface area is 108 Å². The second kappa shape index (κ2) is 6.72. The maximum atomic E-state index is 12.1. The molecule has 5 heteroatoms. The normalized spacial score (nSPS) is 20.4. The molecule has 2 aliphatic rings. The number of morpholine rings is 1. The zero-order chi connectivity index (χ0) is 12.8. The van der Waals surface area contributed by atoms with Crippen LogP contribution in [0.25, 0.3) is 0 Å². The van der Waals surface area contributed by atoms with Crippen molar-refractivity contribution in [3.8, 4) is 6.07 Å². The lowest BCUT2D eigenvalue weighted by atomic mass is 10.3. The summed E-state index contributed by atoms with van der Waals surface area (Å²) in [6.45, 7) is 5.69. The van der Waals surface area contributed by atoms with Gasteiger partial charge in [-0.3, -0.25) is 9.69 Å². The molecule has 0 atom stereocenters. The second-order valence-corrected chi connectivity index (χ2v) is 4.96. The van der Waals surface area contributed by atoms with Crippen molar-refractivity contribution in [1.29, 1.82) is 5.26 Å². The average molecular weight is 251 g/mol. The lowest BCUT2D eigenvalue weighted by Crippen LogP contribution is -2.43. The van der Waals surface area contributed by atoms with Crippen molar-refractivity contribution in [2.24, 2.45) is 5.92 Å². The number of amides is 1. The molecule has 1 saturated heterocycles. The molecule has 2 fully saturated rings. The molecule has 0 aromatic heterocycles. The Bertz CT molecular complexity index is 317. The minimum Gasteiger partial charge on any atom is -0.379 e. The standard InChI is InChI=1S/C13H21N3O2/c14-4-1-5-16(13(17)12-2-3-12)7-6-15-8-10-18-11-9-15/h12H,1-3,5-11H2. The van der Waals surface area contributed by atoms with E-state index in [0.29, 0.717) is 13.0 Å². The minimum absolute atomic E-state index is 0.244. The smallest absolute Gasteiger partial charge is 0.225 e. The highest BCUT2D eigenvalue weighted by Gasteiger charge is 2.33. The number of nitriles is 1. The second-order valence-electron chi connectivity index (χ2n) is 4.96. The molecule has 100 valence electrons. The lowest BCUT2D eigenvalue weighted by Gasteiger charge is -2.30. The Morgan fingerprint density at radius 2 is 2.06 bits per heavy atom. The molecule has 0 aromatic rings. The summed E-state index contributed by atoms with van der Waals surface area (Å²) in [4.78, 5) is 16.3. The number of ether oxygens (including phenoxy) is 1. The fourth-order valence-corrected chi connectivity index (χ4v) is 2.19. The van der Waals surface area contributed by atoms with Gasteiger partial charge in [0.1, 0.15) is 0 Å². The van der Waals surface area contributed by atoms with Crippen LogP contribution in [0.3, 0.4) is 0 Å². The van der Waals surface area contributed by atoms with Gasteiger partial charge in [0, 0.05) is 38.6 Å². The summed E-state index contributed by atoms with van der Waals surface area (Å²) < 4.78 is 5.30. The van der Waals surface area contributed by atoms with E-state index >= 15 is 0 Å². The first-order valence-electron chi connectivity index (χ1n) is 6.77. The van der Waals surface area contributed by atoms with Gasteiger partial charge in [-0.2, -0.15) is 5.26 Å². The van der Waals surface area contributed by atoms with Gasteiger partial charge >= 0.3 is 0 Å². The summed E-state index contributed by atoms with van der Waals surface area (Å²) in [5.41, 5.74) is 0. The number of hydrogen-bond donors (Lipinski definition) is 0. The number of rotatable bonds is 6. The van der Waals surface area contributed by atoms with E-state index in [1.54, 1.807) is 0 Å². The van der Waals surface area contributed by atoms with E-state index in [2.05, 4.69) is 11.0 Å². The third-order valence-corrected chi connectivity index (χ3v) is 3.52. The molecule has 1 aliphatic heterocycles. The van der Waals surface area contributed by atoms with E-state index in [9.17, 15) is 4.79 Å². The minimum atomic E-state index is 0.244. The molecule has 0 radical (unpaired) electrons. The summed E-state index contributed by atoms with van der Waals surface area (Å²) in [6.07, 6.45) is 2.49. The Morgan fingerprint density at radius 1 is 1.33 bits per heavy atom. The van der Waals surface area contributed by atoms with Crippen LogP contribution in [0.15, 0.2) is 0 Å². The first kappa shape index (κ1) is 13.3. The third kappa shape index (κ3) is 3.97. The van der Waals surface area contributed by atoms with Crippen molar-refractivity contribution < 1.29 is 9.53 Å². The van der Waals surface area contributed by atoms with Crippen LogP contribution >= 0.6 is 0 Å². The van der Waals surface area contributed by atoms with Crippen LogP contribution in [0, 0.1) is 17.2 Å². The molecule has 5 nitrogen and oxygen atoms in total. The summed E-state index contributed by atoms with van der Waals surface area (Å²) in [5, 5.41) is 8.65. The molecule has 0 unspecified atom stereocenters. The van der Waals surface area contributed by atoms with Gasteiger partial charge in [-0.25, -0.2) is 0 Å². The van der Waals surface area contributed by atoms with Gasteiger partial charge in [0.25, 0.3) is 0 Å². The van der Waals surface area contributed by atoms with Gasteiger partial charge < -0.3 is 9.64 Å². The molecule has 18 heavy (non-hydrogen) atoms. The maximum absolute atomic E-state index is 12.1. The molecule has 0 bridgehead atoms. The molecule has 0 spiro atoms. The van der Waals surface area contributed by atoms with Gasteiger partial charge in [0.2, 0.25) is 5.91 Å². The van der Waals surface area contributed by atoms with E-state index in [1.165, 1.54) is 0 Å². The van der Waals surface area contributed by atoms with E-state index in [0.717, 1.165) is 52.2 Å². The zero-order valence-corrected chi connectivity index (χ0v) is 10.8. The molecule has 1 saturated carbocycles. The van der Waals surface area contributed by atoms with Crippen LogP contribution in [0.5, 0.6) is 0 Å². The number of nitrogens with zero attached hydrogens (tertiary/aromatic N) is 3. The van der Waals surface area contributed by atoms with Crippen LogP contribution in [0.1, 0.15) is 19.3 Å². The van der Waals surface area contributed by atoms with Crippen LogP contribution in [-0.4, -0.2) is 61.6 Å². The van der Waals surface area contributed by atoms with Crippen LogP contribution in [0.2, 0.25) is 0 Å². The molecule has 1 aliphatic carbocycles. The van der Waals surface area contributed by atoms with Crippen molar-refractivity contribution in [2.45, 2.75) is 19.3 Å². The number of hydrogen-bond acceptors (Lipinski definition) is 4. The van der Waals surface area contributed by atoms with Crippen molar-refractivity contribution in [2.75, 3.05) is 45.9 Å². The van der Waals surface area contributed by atoms with Gasteiger partial charge in [-0.1, -0.05) is 0 Å². The Morgan fingerprint density at radius 3 is 2.67 bits per heavy atom. The monoisotopic (exact) mass is 251 g/mol. The molecular weight excluding hydrogens is 230 g/mol. The number of carbonyl (C=O) groups is 1. The molecule has 0 N–H and O–H groups in total. The van der Waals surface area contributed by atoms with Crippen LogP contribution in [0.4, 0.5) is 0 Å². The summed E-state index contributed by atoms with van der Waals surface area (Å²) >= 11 is 0. The van der Waals surface area contributed by atoms with Gasteiger partial charge in [-0.15, -0.1) is 0 Å².